The Hall–Kier alpha value is -2.32. The van der Waals surface area contributed by atoms with Gasteiger partial charge in [-0.25, -0.2) is 8.42 Å². The van der Waals surface area contributed by atoms with E-state index < -0.39 is 22.0 Å². The van der Waals surface area contributed by atoms with Crippen molar-refractivity contribution in [3.8, 4) is 5.75 Å². The van der Waals surface area contributed by atoms with Gasteiger partial charge in [0.2, 0.25) is 15.9 Å². The van der Waals surface area contributed by atoms with E-state index in [0.717, 1.165) is 0 Å². The maximum Gasteiger partial charge on any atom is 0.241 e. The van der Waals surface area contributed by atoms with Crippen LogP contribution < -0.4 is 14.8 Å². The van der Waals surface area contributed by atoms with Crippen LogP contribution in [0.3, 0.4) is 0 Å². The Morgan fingerprint density at radius 3 is 2.67 bits per heavy atom. The zero-order valence-corrected chi connectivity index (χ0v) is 14.5. The van der Waals surface area contributed by atoms with Crippen LogP contribution in [0.4, 0.5) is 0 Å². The lowest BCUT2D eigenvalue weighted by atomic mass is 10.2. The Morgan fingerprint density at radius 2 is 2.08 bits per heavy atom. The molecule has 8 heteroatoms. The van der Waals surface area contributed by atoms with Gasteiger partial charge < -0.3 is 14.5 Å². The van der Waals surface area contributed by atoms with E-state index >= 15 is 0 Å². The number of sulfonamides is 1. The van der Waals surface area contributed by atoms with Crippen molar-refractivity contribution in [3.63, 3.8) is 0 Å². The summed E-state index contributed by atoms with van der Waals surface area (Å²) in [5.74, 6) is 0.709. The molecule has 0 bridgehead atoms. The number of benzene rings is 1. The number of carbonyl (C=O) groups excluding carboxylic acids is 1. The molecule has 0 saturated carbocycles. The van der Waals surface area contributed by atoms with Crippen molar-refractivity contribution in [1.82, 2.24) is 10.0 Å². The van der Waals surface area contributed by atoms with Crippen molar-refractivity contribution in [1.29, 1.82) is 0 Å². The van der Waals surface area contributed by atoms with Crippen LogP contribution in [-0.2, 0) is 21.4 Å². The van der Waals surface area contributed by atoms with E-state index in [9.17, 15) is 13.2 Å². The first-order chi connectivity index (χ1) is 11.3. The van der Waals surface area contributed by atoms with Crippen molar-refractivity contribution < 1.29 is 22.4 Å². The van der Waals surface area contributed by atoms with Gasteiger partial charge in [-0.2, -0.15) is 4.72 Å². The van der Waals surface area contributed by atoms with Crippen molar-refractivity contribution in [3.05, 3.63) is 47.9 Å². The van der Waals surface area contributed by atoms with Gasteiger partial charge in [0.25, 0.3) is 0 Å². The number of ether oxygens (including phenoxy) is 1. The van der Waals surface area contributed by atoms with Gasteiger partial charge in [-0.15, -0.1) is 0 Å². The number of hydrogen-bond donors (Lipinski definition) is 2. The molecule has 1 aromatic heterocycles. The molecule has 0 aliphatic heterocycles. The highest BCUT2D eigenvalue weighted by Crippen LogP contribution is 2.21. The predicted octanol–water partition coefficient (Wildman–Crippen LogP) is 1.58. The molecule has 2 rings (SSSR count). The minimum atomic E-state index is -3.82. The number of hydrogen-bond acceptors (Lipinski definition) is 5. The largest absolute Gasteiger partial charge is 0.497 e. The number of carbonyl (C=O) groups is 1. The van der Waals surface area contributed by atoms with Crippen molar-refractivity contribution in [2.75, 3.05) is 7.11 Å². The van der Waals surface area contributed by atoms with E-state index in [0.29, 0.717) is 17.1 Å². The summed E-state index contributed by atoms with van der Waals surface area (Å²) in [5.41, 5.74) is 0.532. The monoisotopic (exact) mass is 352 g/mol. The van der Waals surface area contributed by atoms with Crippen molar-refractivity contribution in [2.24, 2.45) is 0 Å². The maximum absolute atomic E-state index is 12.4. The molecule has 7 nitrogen and oxygen atoms in total. The lowest BCUT2D eigenvalue weighted by Crippen LogP contribution is -2.44. The fourth-order valence-electron chi connectivity index (χ4n) is 2.14. The normalized spacial score (nSPS) is 12.6. The molecule has 1 heterocycles. The first-order valence-electron chi connectivity index (χ1n) is 7.30. The number of aryl methyl sites for hydroxylation is 1. The van der Waals surface area contributed by atoms with Crippen LogP contribution in [0.5, 0.6) is 5.75 Å². The van der Waals surface area contributed by atoms with Gasteiger partial charge in [-0.05, 0) is 49.7 Å². The number of furan rings is 1. The second-order valence-corrected chi connectivity index (χ2v) is 6.95. The molecule has 1 aromatic carbocycles. The number of amides is 1. The molecule has 1 atom stereocenters. The van der Waals surface area contributed by atoms with Crippen LogP contribution in [0.1, 0.15) is 18.2 Å². The van der Waals surface area contributed by atoms with Crippen LogP contribution in [0.15, 0.2) is 45.9 Å². The molecular formula is C16H20N2O5S. The SMILES string of the molecule is COc1ccc(S(=O)(=O)N[C@@H](C)C(=O)NCc2ccco2)c(C)c1. The highest BCUT2D eigenvalue weighted by Gasteiger charge is 2.23. The van der Waals surface area contributed by atoms with Crippen molar-refractivity contribution in [2.45, 2.75) is 31.3 Å². The van der Waals surface area contributed by atoms with Gasteiger partial charge >= 0.3 is 0 Å². The van der Waals surface area contributed by atoms with Gasteiger partial charge in [0.15, 0.2) is 0 Å². The van der Waals surface area contributed by atoms with Gasteiger partial charge in [0, 0.05) is 0 Å². The first-order valence-corrected chi connectivity index (χ1v) is 8.79. The quantitative estimate of drug-likeness (QED) is 0.788. The van der Waals surface area contributed by atoms with E-state index in [1.807, 2.05) is 0 Å². The summed E-state index contributed by atoms with van der Waals surface area (Å²) in [4.78, 5) is 12.1. The Morgan fingerprint density at radius 1 is 1.33 bits per heavy atom. The topological polar surface area (TPSA) is 97.6 Å². The lowest BCUT2D eigenvalue weighted by Gasteiger charge is -2.15. The average molecular weight is 352 g/mol. The summed E-state index contributed by atoms with van der Waals surface area (Å²) in [5, 5.41) is 2.61. The first kappa shape index (κ1) is 18.0. The molecule has 2 N–H and O–H groups in total. The molecule has 0 saturated heterocycles. The second-order valence-electron chi connectivity index (χ2n) is 5.27. The van der Waals surface area contributed by atoms with Crippen LogP contribution in [-0.4, -0.2) is 27.5 Å². The molecule has 0 aliphatic carbocycles. The summed E-state index contributed by atoms with van der Waals surface area (Å²) >= 11 is 0. The molecule has 0 radical (unpaired) electrons. The van der Waals surface area contributed by atoms with Crippen LogP contribution >= 0.6 is 0 Å². The summed E-state index contributed by atoms with van der Waals surface area (Å²) in [6.07, 6.45) is 1.50. The molecule has 0 spiro atoms. The fraction of sp³-hybridized carbons (Fsp3) is 0.312. The molecule has 0 aliphatic rings. The molecule has 24 heavy (non-hydrogen) atoms. The van der Waals surface area contributed by atoms with Crippen molar-refractivity contribution >= 4 is 15.9 Å². The van der Waals surface area contributed by atoms with E-state index in [1.54, 1.807) is 31.2 Å². The zero-order valence-electron chi connectivity index (χ0n) is 13.7. The zero-order chi connectivity index (χ0) is 17.7. The Labute approximate surface area is 141 Å². The lowest BCUT2D eigenvalue weighted by molar-refractivity contribution is -0.122. The van der Waals surface area contributed by atoms with Crippen LogP contribution in [0.2, 0.25) is 0 Å². The number of rotatable bonds is 7. The third kappa shape index (κ3) is 4.36. The molecule has 130 valence electrons. The van der Waals surface area contributed by atoms with E-state index in [4.69, 9.17) is 9.15 Å². The molecule has 0 fully saturated rings. The Bertz CT molecular complexity index is 800. The summed E-state index contributed by atoms with van der Waals surface area (Å²) in [7, 11) is -2.32. The molecular weight excluding hydrogens is 332 g/mol. The minimum Gasteiger partial charge on any atom is -0.497 e. The summed E-state index contributed by atoms with van der Waals surface area (Å²) < 4.78 is 37.4. The van der Waals surface area contributed by atoms with Gasteiger partial charge in [-0.3, -0.25) is 4.79 Å². The summed E-state index contributed by atoms with van der Waals surface area (Å²) in [6, 6.07) is 7.13. The minimum absolute atomic E-state index is 0.106. The highest BCUT2D eigenvalue weighted by atomic mass is 32.2. The van der Waals surface area contributed by atoms with E-state index in [1.165, 1.54) is 26.4 Å². The highest BCUT2D eigenvalue weighted by molar-refractivity contribution is 7.89. The third-order valence-electron chi connectivity index (χ3n) is 3.41. The molecule has 0 unspecified atom stereocenters. The van der Waals surface area contributed by atoms with Gasteiger partial charge in [-0.1, -0.05) is 0 Å². The predicted molar refractivity (Wildman–Crippen MR) is 88.1 cm³/mol. The maximum atomic E-state index is 12.4. The molecule has 2 aromatic rings. The Balaban J connectivity index is 2.03. The van der Waals surface area contributed by atoms with Crippen LogP contribution in [0.25, 0.3) is 0 Å². The van der Waals surface area contributed by atoms with Gasteiger partial charge in [0.05, 0.1) is 30.9 Å². The van der Waals surface area contributed by atoms with Crippen LogP contribution in [0, 0.1) is 6.92 Å². The average Bonchev–Trinajstić information content (AvgIpc) is 3.05. The number of nitrogens with one attached hydrogen (secondary N) is 2. The van der Waals surface area contributed by atoms with E-state index in [2.05, 4.69) is 10.0 Å². The smallest absolute Gasteiger partial charge is 0.241 e. The fourth-order valence-corrected chi connectivity index (χ4v) is 3.57. The standard InChI is InChI=1S/C16H20N2O5S/c1-11-9-13(22-3)6-7-15(11)24(20,21)18-12(2)16(19)17-10-14-5-4-8-23-14/h4-9,12,18H,10H2,1-3H3,(H,17,19)/t12-/m0/s1. The van der Waals surface area contributed by atoms with Gasteiger partial charge in [0.1, 0.15) is 11.5 Å². The summed E-state index contributed by atoms with van der Waals surface area (Å²) in [6.45, 7) is 3.34. The second kappa shape index (κ2) is 7.50. The third-order valence-corrected chi connectivity index (χ3v) is 5.11. The molecule has 1 amide bonds. The number of methoxy groups -OCH3 is 1. The Kier molecular flexibility index (Phi) is 5.63. The van der Waals surface area contributed by atoms with E-state index in [-0.39, 0.29) is 11.4 Å².